The lowest BCUT2D eigenvalue weighted by Crippen LogP contribution is -2.39. The second-order valence-electron chi connectivity index (χ2n) is 4.16. The minimum atomic E-state index is -0.260. The van der Waals surface area contributed by atoms with E-state index in [1.165, 1.54) is 7.11 Å². The number of halogens is 1. The molecule has 0 saturated carbocycles. The highest BCUT2D eigenvalue weighted by atomic mass is 35.5. The number of methoxy groups -OCH3 is 1. The van der Waals surface area contributed by atoms with Crippen molar-refractivity contribution in [2.24, 2.45) is 0 Å². The van der Waals surface area contributed by atoms with Crippen molar-refractivity contribution in [3.63, 3.8) is 0 Å². The maximum absolute atomic E-state index is 11.5. The van der Waals surface area contributed by atoms with Gasteiger partial charge in [-0.1, -0.05) is 11.6 Å². The van der Waals surface area contributed by atoms with Crippen LogP contribution < -0.4 is 0 Å². The van der Waals surface area contributed by atoms with Crippen molar-refractivity contribution < 1.29 is 9.53 Å². The Bertz CT molecular complexity index is 394. The van der Waals surface area contributed by atoms with Crippen LogP contribution in [0.4, 0.5) is 4.79 Å². The average Bonchev–Trinajstić information content (AvgIpc) is 2.39. The first-order valence-electron chi connectivity index (χ1n) is 5.65. The first-order chi connectivity index (χ1) is 8.20. The SMILES string of the molecule is COC(=O)N1CCCC(c2ccc(Cl)cn2)C1. The van der Waals surface area contributed by atoms with E-state index in [2.05, 4.69) is 4.98 Å². The Kier molecular flexibility index (Phi) is 3.84. The maximum Gasteiger partial charge on any atom is 0.409 e. The van der Waals surface area contributed by atoms with E-state index in [1.807, 2.05) is 12.1 Å². The molecular formula is C12H15ClN2O2. The number of hydrogen-bond donors (Lipinski definition) is 0. The van der Waals surface area contributed by atoms with Crippen LogP contribution in [0.15, 0.2) is 18.3 Å². The van der Waals surface area contributed by atoms with Gasteiger partial charge in [-0.25, -0.2) is 4.79 Å². The van der Waals surface area contributed by atoms with Gasteiger partial charge in [0.25, 0.3) is 0 Å². The molecule has 1 amide bonds. The zero-order valence-electron chi connectivity index (χ0n) is 9.73. The molecule has 17 heavy (non-hydrogen) atoms. The fourth-order valence-electron chi connectivity index (χ4n) is 2.14. The van der Waals surface area contributed by atoms with Gasteiger partial charge in [-0.15, -0.1) is 0 Å². The number of piperidine rings is 1. The summed E-state index contributed by atoms with van der Waals surface area (Å²) in [5.41, 5.74) is 0.989. The molecule has 2 rings (SSSR count). The first-order valence-corrected chi connectivity index (χ1v) is 6.03. The Morgan fingerprint density at radius 3 is 3.06 bits per heavy atom. The van der Waals surface area contributed by atoms with Crippen molar-refractivity contribution in [2.45, 2.75) is 18.8 Å². The molecule has 4 nitrogen and oxygen atoms in total. The van der Waals surface area contributed by atoms with Crippen molar-refractivity contribution in [3.8, 4) is 0 Å². The molecule has 5 heteroatoms. The number of carbonyl (C=O) groups is 1. The van der Waals surface area contributed by atoms with E-state index in [0.29, 0.717) is 11.6 Å². The molecule has 0 bridgehead atoms. The molecule has 0 aromatic carbocycles. The molecule has 0 N–H and O–H groups in total. The van der Waals surface area contributed by atoms with Crippen molar-refractivity contribution in [3.05, 3.63) is 29.0 Å². The molecule has 0 radical (unpaired) electrons. The van der Waals surface area contributed by atoms with Gasteiger partial charge in [0.05, 0.1) is 12.1 Å². The van der Waals surface area contributed by atoms with Gasteiger partial charge in [-0.05, 0) is 25.0 Å². The Morgan fingerprint density at radius 1 is 1.59 bits per heavy atom. The number of ether oxygens (including phenoxy) is 1. The summed E-state index contributed by atoms with van der Waals surface area (Å²) in [7, 11) is 1.41. The lowest BCUT2D eigenvalue weighted by Gasteiger charge is -2.31. The molecule has 1 aliphatic heterocycles. The lowest BCUT2D eigenvalue weighted by atomic mass is 9.94. The highest BCUT2D eigenvalue weighted by Gasteiger charge is 2.25. The summed E-state index contributed by atoms with van der Waals surface area (Å²) < 4.78 is 4.74. The molecule has 1 aromatic heterocycles. The predicted molar refractivity (Wildman–Crippen MR) is 65.2 cm³/mol. The summed E-state index contributed by atoms with van der Waals surface area (Å²) in [5, 5.41) is 0.634. The standard InChI is InChI=1S/C12H15ClN2O2/c1-17-12(16)15-6-2-3-9(8-15)11-5-4-10(13)7-14-11/h4-5,7,9H,2-3,6,8H2,1H3. The first kappa shape index (κ1) is 12.2. The summed E-state index contributed by atoms with van der Waals surface area (Å²) in [6, 6.07) is 3.76. The van der Waals surface area contributed by atoms with E-state index < -0.39 is 0 Å². The molecule has 0 spiro atoms. The lowest BCUT2D eigenvalue weighted by molar-refractivity contribution is 0.110. The fourth-order valence-corrected chi connectivity index (χ4v) is 2.25. The number of hydrogen-bond acceptors (Lipinski definition) is 3. The third-order valence-electron chi connectivity index (χ3n) is 3.02. The summed E-state index contributed by atoms with van der Waals surface area (Å²) in [6.07, 6.45) is 3.41. The molecule has 1 saturated heterocycles. The van der Waals surface area contributed by atoms with Gasteiger partial charge < -0.3 is 9.64 Å². The highest BCUT2D eigenvalue weighted by molar-refractivity contribution is 6.30. The minimum absolute atomic E-state index is 0.260. The van der Waals surface area contributed by atoms with Crippen molar-refractivity contribution in [1.82, 2.24) is 9.88 Å². The third-order valence-corrected chi connectivity index (χ3v) is 3.25. The second-order valence-corrected chi connectivity index (χ2v) is 4.59. The Hall–Kier alpha value is -1.29. The van der Waals surface area contributed by atoms with Crippen LogP contribution in [0.3, 0.4) is 0 Å². The summed E-state index contributed by atoms with van der Waals surface area (Å²) in [6.45, 7) is 1.43. The van der Waals surface area contributed by atoms with Crippen molar-refractivity contribution >= 4 is 17.7 Å². The molecule has 2 heterocycles. The number of rotatable bonds is 1. The second kappa shape index (κ2) is 5.36. The zero-order chi connectivity index (χ0) is 12.3. The normalized spacial score (nSPS) is 20.1. The maximum atomic E-state index is 11.5. The quantitative estimate of drug-likeness (QED) is 0.774. The number of amides is 1. The van der Waals surface area contributed by atoms with Gasteiger partial charge in [0.15, 0.2) is 0 Å². The Morgan fingerprint density at radius 2 is 2.41 bits per heavy atom. The van der Waals surface area contributed by atoms with Crippen LogP contribution in [0.2, 0.25) is 5.02 Å². The van der Waals surface area contributed by atoms with Crippen LogP contribution >= 0.6 is 11.6 Å². The minimum Gasteiger partial charge on any atom is -0.453 e. The largest absolute Gasteiger partial charge is 0.453 e. The van der Waals surface area contributed by atoms with Crippen LogP contribution in [0, 0.1) is 0 Å². The summed E-state index contributed by atoms with van der Waals surface area (Å²) >= 11 is 5.81. The van der Waals surface area contributed by atoms with Crippen LogP contribution in [0.1, 0.15) is 24.5 Å². The average molecular weight is 255 g/mol. The van der Waals surface area contributed by atoms with E-state index >= 15 is 0 Å². The molecule has 0 aliphatic carbocycles. The monoisotopic (exact) mass is 254 g/mol. The Labute approximate surface area is 106 Å². The summed E-state index contributed by atoms with van der Waals surface area (Å²) in [4.78, 5) is 17.5. The smallest absolute Gasteiger partial charge is 0.409 e. The number of aromatic nitrogens is 1. The van der Waals surface area contributed by atoms with Gasteiger partial charge in [0.1, 0.15) is 0 Å². The van der Waals surface area contributed by atoms with Crippen LogP contribution in [0.25, 0.3) is 0 Å². The summed E-state index contributed by atoms with van der Waals surface area (Å²) in [5.74, 6) is 0.278. The molecule has 1 aromatic rings. The molecule has 1 fully saturated rings. The van der Waals surface area contributed by atoms with Crippen molar-refractivity contribution in [1.29, 1.82) is 0 Å². The van der Waals surface area contributed by atoms with Gasteiger partial charge >= 0.3 is 6.09 Å². The van der Waals surface area contributed by atoms with Crippen LogP contribution in [-0.2, 0) is 4.74 Å². The Balaban J connectivity index is 2.06. The van der Waals surface area contributed by atoms with Gasteiger partial charge in [-0.3, -0.25) is 4.98 Å². The van der Waals surface area contributed by atoms with E-state index in [9.17, 15) is 4.79 Å². The van der Waals surface area contributed by atoms with Gasteiger partial charge in [-0.2, -0.15) is 0 Å². The fraction of sp³-hybridized carbons (Fsp3) is 0.500. The molecule has 1 unspecified atom stereocenters. The van der Waals surface area contributed by atoms with E-state index in [4.69, 9.17) is 16.3 Å². The van der Waals surface area contributed by atoms with Gasteiger partial charge in [0.2, 0.25) is 0 Å². The number of pyridine rings is 1. The van der Waals surface area contributed by atoms with E-state index in [0.717, 1.165) is 25.1 Å². The van der Waals surface area contributed by atoms with E-state index in [-0.39, 0.29) is 12.0 Å². The van der Waals surface area contributed by atoms with E-state index in [1.54, 1.807) is 11.1 Å². The van der Waals surface area contributed by atoms with Crippen LogP contribution in [-0.4, -0.2) is 36.2 Å². The predicted octanol–water partition coefficient (Wildman–Crippen LogP) is 2.68. The molecule has 92 valence electrons. The van der Waals surface area contributed by atoms with Crippen LogP contribution in [0.5, 0.6) is 0 Å². The van der Waals surface area contributed by atoms with Gasteiger partial charge in [0, 0.05) is 30.9 Å². The number of nitrogens with zero attached hydrogens (tertiary/aromatic N) is 2. The highest BCUT2D eigenvalue weighted by Crippen LogP contribution is 2.26. The molecule has 1 atom stereocenters. The number of carbonyl (C=O) groups excluding carboxylic acids is 1. The molecule has 1 aliphatic rings. The topological polar surface area (TPSA) is 42.4 Å². The number of likely N-dealkylation sites (tertiary alicyclic amines) is 1. The zero-order valence-corrected chi connectivity index (χ0v) is 10.5. The molecular weight excluding hydrogens is 240 g/mol. The third kappa shape index (κ3) is 2.88. The van der Waals surface area contributed by atoms with Crippen molar-refractivity contribution in [2.75, 3.05) is 20.2 Å².